The lowest BCUT2D eigenvalue weighted by Gasteiger charge is -2.34. The van der Waals surface area contributed by atoms with E-state index in [-0.39, 0.29) is 18.8 Å². The molecule has 0 saturated carbocycles. The number of fused-ring (bicyclic) bond motifs is 2. The number of rotatable bonds is 9. The number of esters is 1. The molecule has 8 heteroatoms. The monoisotopic (exact) mass is 529 g/mol. The Hall–Kier alpha value is -3.97. The van der Waals surface area contributed by atoms with E-state index in [0.29, 0.717) is 28.8 Å². The zero-order chi connectivity index (χ0) is 26.8. The maximum absolute atomic E-state index is 13.7. The van der Waals surface area contributed by atoms with E-state index in [2.05, 4.69) is 11.6 Å². The van der Waals surface area contributed by atoms with Gasteiger partial charge in [-0.2, -0.15) is 0 Å². The highest BCUT2D eigenvalue weighted by atomic mass is 35.5. The van der Waals surface area contributed by atoms with Crippen molar-refractivity contribution < 1.29 is 18.7 Å². The first-order valence-electron chi connectivity index (χ1n) is 12.6. The van der Waals surface area contributed by atoms with Crippen molar-refractivity contribution in [3.63, 3.8) is 0 Å². The van der Waals surface area contributed by atoms with Gasteiger partial charge in [-0.1, -0.05) is 41.4 Å². The maximum atomic E-state index is 13.7. The van der Waals surface area contributed by atoms with Crippen molar-refractivity contribution in [3.8, 4) is 0 Å². The molecule has 0 aliphatic carbocycles. The van der Waals surface area contributed by atoms with Crippen LogP contribution in [0.4, 0.5) is 5.82 Å². The highest BCUT2D eigenvalue weighted by molar-refractivity contribution is 6.29. The van der Waals surface area contributed by atoms with Crippen molar-refractivity contribution in [1.29, 1.82) is 0 Å². The molecule has 0 bridgehead atoms. The van der Waals surface area contributed by atoms with Crippen LogP contribution in [0.1, 0.15) is 55.7 Å². The molecule has 4 aromatic rings. The van der Waals surface area contributed by atoms with Crippen LogP contribution in [0.3, 0.4) is 0 Å². The van der Waals surface area contributed by atoms with E-state index in [1.807, 2.05) is 66.4 Å². The summed E-state index contributed by atoms with van der Waals surface area (Å²) in [5.41, 5.74) is 3.11. The van der Waals surface area contributed by atoms with Crippen LogP contribution in [0.25, 0.3) is 11.0 Å². The van der Waals surface area contributed by atoms with Crippen molar-refractivity contribution in [3.05, 3.63) is 101 Å². The number of furan rings is 1. The molecule has 4 heterocycles. The van der Waals surface area contributed by atoms with Crippen LogP contribution in [0.5, 0.6) is 0 Å². The minimum atomic E-state index is -1.08. The zero-order valence-corrected chi connectivity index (χ0v) is 22.0. The van der Waals surface area contributed by atoms with Crippen molar-refractivity contribution in [1.82, 2.24) is 9.97 Å². The smallest absolute Gasteiger partial charge is 0.318 e. The van der Waals surface area contributed by atoms with Crippen molar-refractivity contribution in [2.45, 2.75) is 38.8 Å². The molecule has 38 heavy (non-hydrogen) atoms. The standard InChI is InChI=1S/C30H28ClN3O4/c1-4-37-30(36)26(22(35)14-11-18(2)3)28-21-9-6-5-8-20(21)27(23-10-7-17-38-23)34(28)25-16-13-19-12-15-24(31)32-29(19)33-25/h5-10,12-13,15-17,26-28H,2,4,11,14H2,1,3H3. The van der Waals surface area contributed by atoms with E-state index in [1.165, 1.54) is 0 Å². The number of hydrogen-bond acceptors (Lipinski definition) is 7. The number of anilines is 1. The number of carbonyl (C=O) groups excluding carboxylic acids is 2. The van der Waals surface area contributed by atoms with E-state index >= 15 is 0 Å². The Bertz CT molecular complexity index is 1500. The highest BCUT2D eigenvalue weighted by Gasteiger charge is 2.49. The van der Waals surface area contributed by atoms with Crippen LogP contribution >= 0.6 is 11.6 Å². The average molecular weight is 530 g/mol. The number of ketones is 1. The molecule has 3 atom stereocenters. The van der Waals surface area contributed by atoms with E-state index in [0.717, 1.165) is 22.1 Å². The molecule has 0 saturated heterocycles. The molecule has 1 aliphatic rings. The largest absolute Gasteiger partial charge is 0.467 e. The molecular formula is C30H28ClN3O4. The Kier molecular flexibility index (Phi) is 7.29. The van der Waals surface area contributed by atoms with Gasteiger partial charge in [-0.3, -0.25) is 9.59 Å². The number of halogens is 1. The average Bonchev–Trinajstić information content (AvgIpc) is 3.54. The van der Waals surface area contributed by atoms with Crippen LogP contribution in [0.2, 0.25) is 5.15 Å². The summed E-state index contributed by atoms with van der Waals surface area (Å²) < 4.78 is 11.4. The number of benzene rings is 1. The maximum Gasteiger partial charge on any atom is 0.318 e. The second-order valence-electron chi connectivity index (χ2n) is 9.40. The fourth-order valence-electron chi connectivity index (χ4n) is 5.11. The molecule has 7 nitrogen and oxygen atoms in total. The van der Waals surface area contributed by atoms with Gasteiger partial charge in [0.15, 0.2) is 5.65 Å². The van der Waals surface area contributed by atoms with E-state index in [9.17, 15) is 9.59 Å². The van der Waals surface area contributed by atoms with Crippen LogP contribution in [0, 0.1) is 5.92 Å². The Morgan fingerprint density at radius 3 is 2.53 bits per heavy atom. The third kappa shape index (κ3) is 4.82. The molecular weight excluding hydrogens is 502 g/mol. The minimum Gasteiger partial charge on any atom is -0.467 e. The Morgan fingerprint density at radius 1 is 1.05 bits per heavy atom. The Morgan fingerprint density at radius 2 is 1.82 bits per heavy atom. The van der Waals surface area contributed by atoms with Gasteiger partial charge in [-0.05, 0) is 67.8 Å². The van der Waals surface area contributed by atoms with E-state index < -0.39 is 24.0 Å². The summed E-state index contributed by atoms with van der Waals surface area (Å²) in [6, 6.07) is 17.7. The summed E-state index contributed by atoms with van der Waals surface area (Å²) >= 11 is 6.18. The van der Waals surface area contributed by atoms with Gasteiger partial charge in [0.2, 0.25) is 0 Å². The van der Waals surface area contributed by atoms with E-state index in [4.69, 9.17) is 25.7 Å². The van der Waals surface area contributed by atoms with Crippen LogP contribution < -0.4 is 4.90 Å². The topological polar surface area (TPSA) is 85.5 Å². The first kappa shape index (κ1) is 25.7. The molecule has 1 aliphatic heterocycles. The lowest BCUT2D eigenvalue weighted by molar-refractivity contribution is -0.152. The Balaban J connectivity index is 1.72. The molecule has 0 N–H and O–H groups in total. The van der Waals surface area contributed by atoms with Gasteiger partial charge in [0.1, 0.15) is 34.5 Å². The molecule has 0 fully saturated rings. The van der Waals surface area contributed by atoms with E-state index in [1.54, 1.807) is 19.3 Å². The van der Waals surface area contributed by atoms with Crippen molar-refractivity contribution >= 4 is 40.2 Å². The van der Waals surface area contributed by atoms with Crippen LogP contribution in [-0.4, -0.2) is 28.3 Å². The van der Waals surface area contributed by atoms with Crippen LogP contribution in [-0.2, 0) is 14.3 Å². The summed E-state index contributed by atoms with van der Waals surface area (Å²) in [5.74, 6) is -0.653. The predicted molar refractivity (Wildman–Crippen MR) is 146 cm³/mol. The highest BCUT2D eigenvalue weighted by Crippen LogP contribution is 2.51. The summed E-state index contributed by atoms with van der Waals surface area (Å²) in [5, 5.41) is 1.14. The van der Waals surface area contributed by atoms with Gasteiger partial charge in [0.25, 0.3) is 0 Å². The third-order valence-electron chi connectivity index (χ3n) is 6.77. The van der Waals surface area contributed by atoms with Crippen LogP contribution in [0.15, 0.2) is 83.5 Å². The number of ether oxygens (including phenoxy) is 1. The number of Topliss-reactive ketones (excluding diaryl/α,β-unsaturated/α-hetero) is 1. The molecule has 0 radical (unpaired) electrons. The lowest BCUT2D eigenvalue weighted by Crippen LogP contribution is -2.40. The summed E-state index contributed by atoms with van der Waals surface area (Å²) in [7, 11) is 0. The SMILES string of the molecule is C=C(C)CCC(=O)C(C(=O)OCC)C1c2ccccc2C(c2ccco2)N1c1ccc2ccc(Cl)nc2n1. The quantitative estimate of drug-likeness (QED) is 0.104. The number of hydrogen-bond donors (Lipinski definition) is 0. The van der Waals surface area contributed by atoms with Gasteiger partial charge in [0.05, 0.1) is 18.9 Å². The van der Waals surface area contributed by atoms with Crippen molar-refractivity contribution in [2.75, 3.05) is 11.5 Å². The number of pyridine rings is 2. The second kappa shape index (κ2) is 10.8. The van der Waals surface area contributed by atoms with Gasteiger partial charge in [0, 0.05) is 11.8 Å². The molecule has 194 valence electrons. The molecule has 5 rings (SSSR count). The normalized spacial score (nSPS) is 17.3. The van der Waals surface area contributed by atoms with Gasteiger partial charge >= 0.3 is 5.97 Å². The lowest BCUT2D eigenvalue weighted by atomic mass is 9.87. The third-order valence-corrected chi connectivity index (χ3v) is 6.98. The van der Waals surface area contributed by atoms with Gasteiger partial charge in [-0.15, -0.1) is 6.58 Å². The number of carbonyl (C=O) groups is 2. The summed E-state index contributed by atoms with van der Waals surface area (Å²) in [6.07, 6.45) is 2.28. The summed E-state index contributed by atoms with van der Waals surface area (Å²) in [4.78, 5) is 38.5. The van der Waals surface area contributed by atoms with Gasteiger partial charge in [-0.25, -0.2) is 9.97 Å². The number of aromatic nitrogens is 2. The number of nitrogens with zero attached hydrogens (tertiary/aromatic N) is 3. The molecule has 3 unspecified atom stereocenters. The molecule has 3 aromatic heterocycles. The molecule has 1 aromatic carbocycles. The number of allylic oxidation sites excluding steroid dienone is 1. The first-order chi connectivity index (χ1) is 18.4. The van der Waals surface area contributed by atoms with Crippen molar-refractivity contribution in [2.24, 2.45) is 5.92 Å². The molecule has 0 spiro atoms. The fourth-order valence-corrected chi connectivity index (χ4v) is 5.25. The first-order valence-corrected chi connectivity index (χ1v) is 12.9. The second-order valence-corrected chi connectivity index (χ2v) is 9.79. The summed E-state index contributed by atoms with van der Waals surface area (Å²) in [6.45, 7) is 7.69. The minimum absolute atomic E-state index is 0.162. The Labute approximate surface area is 226 Å². The molecule has 0 amide bonds. The zero-order valence-electron chi connectivity index (χ0n) is 21.3. The van der Waals surface area contributed by atoms with Gasteiger partial charge < -0.3 is 14.1 Å². The fraction of sp³-hybridized carbons (Fsp3) is 0.267. The predicted octanol–water partition coefficient (Wildman–Crippen LogP) is 6.63.